The highest BCUT2D eigenvalue weighted by atomic mass is 79.9. The SMILES string of the molecule is O.O=C(C(Br)Br)C(F)(F)F. The molecule has 10 heavy (non-hydrogen) atoms. The fourth-order valence-electron chi connectivity index (χ4n) is 0.124. The Balaban J connectivity index is 0. The summed E-state index contributed by atoms with van der Waals surface area (Å²) in [6.07, 6.45) is -4.75. The molecule has 0 aromatic heterocycles. The van der Waals surface area contributed by atoms with Crippen LogP contribution in [0.25, 0.3) is 0 Å². The molecule has 0 amide bonds. The van der Waals surface area contributed by atoms with Crippen molar-refractivity contribution in [2.75, 3.05) is 0 Å². The maximum absolute atomic E-state index is 11.3. The highest BCUT2D eigenvalue weighted by Crippen LogP contribution is 2.23. The molecule has 0 aliphatic rings. The second-order valence-electron chi connectivity index (χ2n) is 1.16. The number of rotatable bonds is 1. The van der Waals surface area contributed by atoms with E-state index in [9.17, 15) is 18.0 Å². The summed E-state index contributed by atoms with van der Waals surface area (Å²) in [6, 6.07) is 0. The first-order valence-corrected chi connectivity index (χ1v) is 3.58. The molecule has 0 bridgehead atoms. The second-order valence-corrected chi connectivity index (χ2v) is 4.22. The number of alkyl halides is 5. The van der Waals surface area contributed by atoms with E-state index in [0.717, 1.165) is 0 Å². The van der Waals surface area contributed by atoms with Crippen LogP contribution in [0.15, 0.2) is 0 Å². The molecule has 0 heterocycles. The van der Waals surface area contributed by atoms with E-state index in [2.05, 4.69) is 31.9 Å². The van der Waals surface area contributed by atoms with Crippen LogP contribution in [0.3, 0.4) is 0 Å². The lowest BCUT2D eigenvalue weighted by Crippen LogP contribution is -2.27. The van der Waals surface area contributed by atoms with E-state index >= 15 is 0 Å². The van der Waals surface area contributed by atoms with E-state index in [1.165, 1.54) is 0 Å². The van der Waals surface area contributed by atoms with Crippen LogP contribution in [0.2, 0.25) is 0 Å². The molecule has 0 aromatic rings. The zero-order valence-corrected chi connectivity index (χ0v) is 7.55. The maximum Gasteiger partial charge on any atom is 0.452 e. The van der Waals surface area contributed by atoms with Gasteiger partial charge in [-0.3, -0.25) is 4.79 Å². The molecule has 0 aliphatic heterocycles. The Morgan fingerprint density at radius 2 is 1.60 bits per heavy atom. The van der Waals surface area contributed by atoms with Gasteiger partial charge in [0.2, 0.25) is 0 Å². The lowest BCUT2D eigenvalue weighted by atomic mass is 10.4. The Hall–Kier alpha value is 0.380. The molecule has 0 fully saturated rings. The highest BCUT2D eigenvalue weighted by molar-refractivity contribution is 9.25. The van der Waals surface area contributed by atoms with Crippen molar-refractivity contribution in [3.63, 3.8) is 0 Å². The van der Waals surface area contributed by atoms with Crippen molar-refractivity contribution in [3.8, 4) is 0 Å². The van der Waals surface area contributed by atoms with Crippen LogP contribution >= 0.6 is 31.9 Å². The van der Waals surface area contributed by atoms with Gasteiger partial charge in [-0.1, -0.05) is 31.9 Å². The van der Waals surface area contributed by atoms with Gasteiger partial charge < -0.3 is 5.48 Å². The van der Waals surface area contributed by atoms with E-state index in [4.69, 9.17) is 0 Å². The molecule has 0 rings (SSSR count). The van der Waals surface area contributed by atoms with Gasteiger partial charge in [-0.2, -0.15) is 13.2 Å². The largest absolute Gasteiger partial charge is 0.452 e. The van der Waals surface area contributed by atoms with Gasteiger partial charge >= 0.3 is 6.18 Å². The Bertz CT molecular complexity index is 121. The minimum absolute atomic E-state index is 0. The van der Waals surface area contributed by atoms with E-state index in [1.807, 2.05) is 0 Å². The number of halogens is 5. The fraction of sp³-hybridized carbons (Fsp3) is 0.667. The van der Waals surface area contributed by atoms with Gasteiger partial charge in [-0.25, -0.2) is 0 Å². The zero-order chi connectivity index (χ0) is 7.65. The Labute approximate surface area is 71.3 Å². The maximum atomic E-state index is 11.3. The van der Waals surface area contributed by atoms with Gasteiger partial charge in [0.25, 0.3) is 5.78 Å². The molecule has 0 spiro atoms. The summed E-state index contributed by atoms with van der Waals surface area (Å²) in [5.74, 6) is -1.83. The third-order valence-electron chi connectivity index (χ3n) is 0.478. The standard InChI is InChI=1S/C3HBr2F3O.H2O/c4-2(5)1(9)3(6,7)8;/h2H;1H2. The summed E-state index contributed by atoms with van der Waals surface area (Å²) in [6.45, 7) is 0. The number of hydrogen-bond donors (Lipinski definition) is 0. The Morgan fingerprint density at radius 3 is 1.60 bits per heavy atom. The molecule has 0 radical (unpaired) electrons. The van der Waals surface area contributed by atoms with Gasteiger partial charge in [0.15, 0.2) is 0 Å². The topological polar surface area (TPSA) is 48.6 Å². The minimum atomic E-state index is -4.75. The van der Waals surface area contributed by atoms with Crippen LogP contribution < -0.4 is 0 Å². The van der Waals surface area contributed by atoms with Crippen LogP contribution in [0.5, 0.6) is 0 Å². The number of Topliss-reactive ketones (excluding diaryl/α,β-unsaturated/α-hetero) is 1. The molecule has 0 saturated heterocycles. The molecule has 0 aliphatic carbocycles. The van der Waals surface area contributed by atoms with E-state index in [1.54, 1.807) is 0 Å². The molecular formula is C3H3Br2F3O2. The normalized spacial score (nSPS) is 11.0. The Kier molecular flexibility index (Phi) is 5.59. The van der Waals surface area contributed by atoms with Crippen molar-refractivity contribution in [2.45, 2.75) is 9.91 Å². The van der Waals surface area contributed by atoms with Gasteiger partial charge in [0, 0.05) is 0 Å². The van der Waals surface area contributed by atoms with Crippen molar-refractivity contribution < 1.29 is 23.4 Å². The van der Waals surface area contributed by atoms with Crippen molar-refractivity contribution in [1.82, 2.24) is 0 Å². The number of hydrogen-bond acceptors (Lipinski definition) is 1. The third-order valence-corrected chi connectivity index (χ3v) is 1.31. The van der Waals surface area contributed by atoms with Crippen molar-refractivity contribution in [1.29, 1.82) is 0 Å². The predicted octanol–water partition coefficient (Wildman–Crippen LogP) is 1.41. The molecule has 0 unspecified atom stereocenters. The summed E-state index contributed by atoms with van der Waals surface area (Å²) in [4.78, 5) is 9.95. The molecule has 7 heteroatoms. The average molecular weight is 288 g/mol. The van der Waals surface area contributed by atoms with E-state index in [0.29, 0.717) is 0 Å². The third kappa shape index (κ3) is 4.24. The first-order chi connectivity index (χ1) is 3.85. The predicted molar refractivity (Wildman–Crippen MR) is 36.3 cm³/mol. The van der Waals surface area contributed by atoms with Crippen LogP contribution in [0, 0.1) is 0 Å². The fourth-order valence-corrected chi connectivity index (χ4v) is 0.643. The second kappa shape index (κ2) is 4.30. The van der Waals surface area contributed by atoms with Gasteiger partial charge in [-0.05, 0) is 0 Å². The van der Waals surface area contributed by atoms with E-state index in [-0.39, 0.29) is 5.48 Å². The van der Waals surface area contributed by atoms with Gasteiger partial charge in [0.05, 0.1) is 0 Å². The molecular weight excluding hydrogens is 285 g/mol. The van der Waals surface area contributed by atoms with Gasteiger partial charge in [-0.15, -0.1) is 0 Å². The smallest absolute Gasteiger partial charge is 0.412 e. The van der Waals surface area contributed by atoms with Crippen LogP contribution in [-0.2, 0) is 4.79 Å². The molecule has 0 saturated carbocycles. The first kappa shape index (κ1) is 13.0. The minimum Gasteiger partial charge on any atom is -0.412 e. The van der Waals surface area contributed by atoms with Crippen LogP contribution in [0.4, 0.5) is 13.2 Å². The van der Waals surface area contributed by atoms with E-state index < -0.39 is 15.7 Å². The summed E-state index contributed by atoms with van der Waals surface area (Å²) in [7, 11) is 0. The summed E-state index contributed by atoms with van der Waals surface area (Å²) >= 11 is 4.85. The van der Waals surface area contributed by atoms with Crippen LogP contribution in [0.1, 0.15) is 0 Å². The lowest BCUT2D eigenvalue weighted by molar-refractivity contribution is -0.168. The lowest BCUT2D eigenvalue weighted by Gasteiger charge is -2.03. The molecule has 0 atom stereocenters. The molecule has 0 aromatic carbocycles. The summed E-state index contributed by atoms with van der Waals surface area (Å²) in [5.41, 5.74) is 0. The summed E-state index contributed by atoms with van der Waals surface area (Å²) < 4.78 is 32.5. The number of ketones is 1. The highest BCUT2D eigenvalue weighted by Gasteiger charge is 2.41. The quantitative estimate of drug-likeness (QED) is 0.673. The molecule has 2 nitrogen and oxygen atoms in total. The Morgan fingerprint density at radius 1 is 1.30 bits per heavy atom. The molecule has 2 N–H and O–H groups in total. The van der Waals surface area contributed by atoms with Crippen molar-refractivity contribution >= 4 is 37.6 Å². The first-order valence-electron chi connectivity index (χ1n) is 1.75. The van der Waals surface area contributed by atoms with Gasteiger partial charge in [0.1, 0.15) is 3.74 Å². The summed E-state index contributed by atoms with van der Waals surface area (Å²) in [5, 5.41) is 0. The number of carbonyl (C=O) groups is 1. The average Bonchev–Trinajstić information content (AvgIpc) is 1.62. The monoisotopic (exact) mass is 286 g/mol. The number of carbonyl (C=O) groups excluding carboxylic acids is 1. The zero-order valence-electron chi connectivity index (χ0n) is 4.38. The van der Waals surface area contributed by atoms with Crippen LogP contribution in [-0.4, -0.2) is 21.2 Å². The molecule has 62 valence electrons. The van der Waals surface area contributed by atoms with Crippen molar-refractivity contribution in [3.05, 3.63) is 0 Å². The van der Waals surface area contributed by atoms with Crippen molar-refractivity contribution in [2.24, 2.45) is 0 Å².